The van der Waals surface area contributed by atoms with Crippen molar-refractivity contribution in [1.82, 2.24) is 4.90 Å². The van der Waals surface area contributed by atoms with Crippen molar-refractivity contribution in [3.8, 4) is 0 Å². The molecule has 144 valence electrons. The first-order valence-electron chi connectivity index (χ1n) is 10.0. The lowest BCUT2D eigenvalue weighted by atomic mass is 9.79. The molecular weight excluding hydrogens is 326 g/mol. The molecule has 0 bridgehead atoms. The number of aliphatic imine (C=N–C) groups is 1. The summed E-state index contributed by atoms with van der Waals surface area (Å²) in [6, 6.07) is 0. The van der Waals surface area contributed by atoms with E-state index in [0.29, 0.717) is 24.4 Å². The first-order valence-corrected chi connectivity index (χ1v) is 10.0. The molecule has 1 fully saturated rings. The van der Waals surface area contributed by atoms with Crippen LogP contribution >= 0.6 is 0 Å². The van der Waals surface area contributed by atoms with E-state index in [1.807, 2.05) is 0 Å². The van der Waals surface area contributed by atoms with Gasteiger partial charge in [0.05, 0.1) is 12.7 Å². The first kappa shape index (κ1) is 19.2. The molecule has 5 heteroatoms. The number of likely N-dealkylation sites (N-methyl/N-ethyl adjacent to an activating group) is 1. The van der Waals surface area contributed by atoms with E-state index in [1.165, 1.54) is 42.6 Å². The summed E-state index contributed by atoms with van der Waals surface area (Å²) in [5.74, 6) is 1.35. The summed E-state index contributed by atoms with van der Waals surface area (Å²) >= 11 is 0. The fourth-order valence-electron chi connectivity index (χ4n) is 4.37. The topological polar surface area (TPSA) is 67.9 Å². The molecule has 1 aliphatic heterocycles. The summed E-state index contributed by atoms with van der Waals surface area (Å²) in [7, 11) is 1.71. The quantitative estimate of drug-likeness (QED) is 0.790. The molecule has 0 aromatic carbocycles. The fraction of sp³-hybridized carbons (Fsp3) is 0.714. The minimum Gasteiger partial charge on any atom is -0.371 e. The van der Waals surface area contributed by atoms with Gasteiger partial charge in [0.1, 0.15) is 0 Å². The molecule has 1 amide bonds. The molecule has 0 saturated heterocycles. The van der Waals surface area contributed by atoms with E-state index in [4.69, 9.17) is 10.5 Å². The summed E-state index contributed by atoms with van der Waals surface area (Å²) in [4.78, 5) is 19.1. The van der Waals surface area contributed by atoms with Crippen LogP contribution in [0.3, 0.4) is 0 Å². The van der Waals surface area contributed by atoms with Gasteiger partial charge in [0.25, 0.3) is 5.91 Å². The second-order valence-corrected chi connectivity index (χ2v) is 8.41. The van der Waals surface area contributed by atoms with Crippen molar-refractivity contribution in [3.05, 3.63) is 23.8 Å². The number of ether oxygens (including phenoxy) is 1. The van der Waals surface area contributed by atoms with Gasteiger partial charge in [-0.1, -0.05) is 69.8 Å². The normalized spacial score (nSPS) is 30.1. The van der Waals surface area contributed by atoms with Gasteiger partial charge in [-0.25, -0.2) is 4.99 Å². The number of hydrogen-bond donors (Lipinski definition) is 1. The van der Waals surface area contributed by atoms with Gasteiger partial charge in [0.15, 0.2) is 11.5 Å². The Morgan fingerprint density at radius 3 is 2.69 bits per heavy atom. The van der Waals surface area contributed by atoms with E-state index in [2.05, 4.69) is 37.1 Å². The van der Waals surface area contributed by atoms with Gasteiger partial charge >= 0.3 is 0 Å². The molecule has 5 nitrogen and oxygen atoms in total. The first-order chi connectivity index (χ1) is 12.4. The maximum absolute atomic E-state index is 13.0. The molecule has 1 saturated carbocycles. The number of guanidine groups is 1. The van der Waals surface area contributed by atoms with Crippen LogP contribution in [-0.2, 0) is 9.53 Å². The lowest BCUT2D eigenvalue weighted by Gasteiger charge is -2.32. The SMILES string of the molecule is CC(C)C1=CC=CC(OCC2(CC3CCCCC3)N=C(N)N(C)C2=O)C1. The zero-order valence-corrected chi connectivity index (χ0v) is 16.4. The highest BCUT2D eigenvalue weighted by molar-refractivity contribution is 6.06. The third kappa shape index (κ3) is 4.03. The third-order valence-corrected chi connectivity index (χ3v) is 6.08. The molecule has 0 radical (unpaired) electrons. The molecule has 2 unspecified atom stereocenters. The zero-order chi connectivity index (χ0) is 18.7. The lowest BCUT2D eigenvalue weighted by molar-refractivity contribution is -0.134. The average molecular weight is 360 g/mol. The lowest BCUT2D eigenvalue weighted by Crippen LogP contribution is -2.47. The van der Waals surface area contributed by atoms with Crippen molar-refractivity contribution in [2.45, 2.75) is 70.4 Å². The van der Waals surface area contributed by atoms with E-state index in [1.54, 1.807) is 7.05 Å². The van der Waals surface area contributed by atoms with Crippen molar-refractivity contribution in [2.24, 2.45) is 22.6 Å². The third-order valence-electron chi connectivity index (χ3n) is 6.08. The predicted octanol–water partition coefficient (Wildman–Crippen LogP) is 3.41. The van der Waals surface area contributed by atoms with Crippen LogP contribution in [0.1, 0.15) is 58.8 Å². The van der Waals surface area contributed by atoms with Gasteiger partial charge in [0.2, 0.25) is 0 Å². The van der Waals surface area contributed by atoms with Gasteiger partial charge in [-0.3, -0.25) is 9.69 Å². The Morgan fingerprint density at radius 2 is 2.08 bits per heavy atom. The summed E-state index contributed by atoms with van der Waals surface area (Å²) in [5, 5.41) is 0. The van der Waals surface area contributed by atoms with Crippen molar-refractivity contribution in [1.29, 1.82) is 0 Å². The molecule has 0 spiro atoms. The molecule has 3 rings (SSSR count). The zero-order valence-electron chi connectivity index (χ0n) is 16.4. The molecule has 3 aliphatic rings. The number of rotatable bonds is 6. The number of carbonyl (C=O) groups excluding carboxylic acids is 1. The Hall–Kier alpha value is -1.62. The number of nitrogens with two attached hydrogens (primary N) is 1. The van der Waals surface area contributed by atoms with Crippen LogP contribution in [0.5, 0.6) is 0 Å². The van der Waals surface area contributed by atoms with Crippen molar-refractivity contribution in [3.63, 3.8) is 0 Å². The van der Waals surface area contributed by atoms with Gasteiger partial charge in [-0.2, -0.15) is 0 Å². The summed E-state index contributed by atoms with van der Waals surface area (Å²) < 4.78 is 6.22. The summed E-state index contributed by atoms with van der Waals surface area (Å²) in [6.45, 7) is 4.72. The molecule has 2 atom stereocenters. The highest BCUT2D eigenvalue weighted by atomic mass is 16.5. The van der Waals surface area contributed by atoms with Crippen LogP contribution in [0.2, 0.25) is 0 Å². The maximum Gasteiger partial charge on any atom is 0.259 e. The van der Waals surface area contributed by atoms with Crippen LogP contribution in [-0.4, -0.2) is 42.1 Å². The van der Waals surface area contributed by atoms with Gasteiger partial charge in [-0.15, -0.1) is 0 Å². The Bertz CT molecular complexity index is 617. The van der Waals surface area contributed by atoms with Crippen LogP contribution in [0.4, 0.5) is 0 Å². The predicted molar refractivity (Wildman–Crippen MR) is 105 cm³/mol. The maximum atomic E-state index is 13.0. The van der Waals surface area contributed by atoms with Gasteiger partial charge in [0, 0.05) is 7.05 Å². The Kier molecular flexibility index (Phi) is 5.86. The minimum absolute atomic E-state index is 0.00996. The highest BCUT2D eigenvalue weighted by Crippen LogP contribution is 2.36. The van der Waals surface area contributed by atoms with Gasteiger partial charge < -0.3 is 10.5 Å². The average Bonchev–Trinajstić information content (AvgIpc) is 2.85. The van der Waals surface area contributed by atoms with Crippen LogP contribution in [0.25, 0.3) is 0 Å². The monoisotopic (exact) mass is 359 g/mol. The molecule has 1 heterocycles. The Balaban J connectivity index is 1.70. The summed E-state index contributed by atoms with van der Waals surface area (Å²) in [5.41, 5.74) is 6.54. The largest absolute Gasteiger partial charge is 0.371 e. The molecule has 0 aromatic rings. The number of amides is 1. The Morgan fingerprint density at radius 1 is 1.35 bits per heavy atom. The fourth-order valence-corrected chi connectivity index (χ4v) is 4.37. The van der Waals surface area contributed by atoms with Crippen LogP contribution in [0.15, 0.2) is 28.8 Å². The van der Waals surface area contributed by atoms with Crippen LogP contribution in [0, 0.1) is 11.8 Å². The second kappa shape index (κ2) is 7.95. The number of carbonyl (C=O) groups is 1. The van der Waals surface area contributed by atoms with Crippen molar-refractivity contribution >= 4 is 11.9 Å². The van der Waals surface area contributed by atoms with Crippen molar-refractivity contribution < 1.29 is 9.53 Å². The summed E-state index contributed by atoms with van der Waals surface area (Å²) in [6.07, 6.45) is 14.1. The number of hydrogen-bond acceptors (Lipinski definition) is 4. The molecular formula is C21H33N3O2. The standard InChI is InChI=1S/C21H33N3O2/c1-15(2)17-10-7-11-18(12-17)26-14-21(13-16-8-5-4-6-9-16)19(25)24(3)20(22)23-21/h7,10-11,15-16,18H,4-6,8-9,12-14H2,1-3H3,(H2,22,23). The van der Waals surface area contributed by atoms with Crippen molar-refractivity contribution in [2.75, 3.05) is 13.7 Å². The Labute approximate surface area is 157 Å². The van der Waals surface area contributed by atoms with E-state index in [9.17, 15) is 4.79 Å². The second-order valence-electron chi connectivity index (χ2n) is 8.41. The molecule has 0 aromatic heterocycles. The smallest absolute Gasteiger partial charge is 0.259 e. The number of allylic oxidation sites excluding steroid dienone is 2. The number of nitrogens with zero attached hydrogens (tertiary/aromatic N) is 2. The van der Waals surface area contributed by atoms with E-state index >= 15 is 0 Å². The highest BCUT2D eigenvalue weighted by Gasteiger charge is 2.48. The van der Waals surface area contributed by atoms with E-state index < -0.39 is 5.54 Å². The minimum atomic E-state index is -0.839. The van der Waals surface area contributed by atoms with Crippen LogP contribution < -0.4 is 5.73 Å². The molecule has 2 N–H and O–H groups in total. The van der Waals surface area contributed by atoms with E-state index in [-0.39, 0.29) is 12.0 Å². The molecule has 26 heavy (non-hydrogen) atoms. The van der Waals surface area contributed by atoms with E-state index in [0.717, 1.165) is 12.8 Å². The molecule has 2 aliphatic carbocycles. The van der Waals surface area contributed by atoms with Gasteiger partial charge in [-0.05, 0) is 24.7 Å².